The van der Waals surface area contributed by atoms with Gasteiger partial charge in [-0.15, -0.1) is 0 Å². The van der Waals surface area contributed by atoms with Gasteiger partial charge < -0.3 is 19.3 Å². The largest absolute Gasteiger partial charge is 0.497 e. The maximum Gasteiger partial charge on any atom is 0.163 e. The predicted octanol–water partition coefficient (Wildman–Crippen LogP) is 4.92. The molecule has 0 spiro atoms. The fourth-order valence-electron chi connectivity index (χ4n) is 3.74. The average molecular weight is 417 g/mol. The highest BCUT2D eigenvalue weighted by atomic mass is 19.1. The van der Waals surface area contributed by atoms with Crippen molar-refractivity contribution >= 4 is 10.9 Å². The average Bonchev–Trinajstić information content (AvgIpc) is 2.80. The molecule has 0 amide bonds. The second-order valence-electron chi connectivity index (χ2n) is 7.38. The number of fused-ring (bicyclic) bond motifs is 2. The third kappa shape index (κ3) is 3.78. The lowest BCUT2D eigenvalue weighted by Crippen LogP contribution is -2.35. The Labute approximate surface area is 178 Å². The molecular weight excluding hydrogens is 397 g/mol. The van der Waals surface area contributed by atoms with Crippen LogP contribution in [-0.2, 0) is 0 Å². The Morgan fingerprint density at radius 2 is 1.87 bits per heavy atom. The van der Waals surface area contributed by atoms with Crippen LogP contribution in [0.2, 0.25) is 0 Å². The van der Waals surface area contributed by atoms with E-state index in [-0.39, 0.29) is 12.4 Å². The van der Waals surface area contributed by atoms with Crippen molar-refractivity contribution in [2.45, 2.75) is 12.2 Å². The smallest absolute Gasteiger partial charge is 0.163 e. The van der Waals surface area contributed by atoms with Crippen LogP contribution < -0.4 is 14.2 Å². The molecule has 0 unspecified atom stereocenters. The van der Waals surface area contributed by atoms with Crippen molar-refractivity contribution in [3.05, 3.63) is 84.2 Å². The molecule has 5 rings (SSSR count). The highest BCUT2D eigenvalue weighted by Crippen LogP contribution is 2.37. The highest BCUT2D eigenvalue weighted by molar-refractivity contribution is 5.81. The number of aliphatic hydroxyl groups is 1. The van der Waals surface area contributed by atoms with Crippen LogP contribution in [0.25, 0.3) is 22.2 Å². The molecule has 2 atom stereocenters. The Hall–Kier alpha value is -3.64. The van der Waals surface area contributed by atoms with E-state index in [9.17, 15) is 9.50 Å². The summed E-state index contributed by atoms with van der Waals surface area (Å²) in [7, 11) is 1.59. The molecule has 1 aliphatic heterocycles. The van der Waals surface area contributed by atoms with Gasteiger partial charge in [0.25, 0.3) is 0 Å². The summed E-state index contributed by atoms with van der Waals surface area (Å²) in [4.78, 5) is 4.63. The molecule has 0 radical (unpaired) electrons. The Morgan fingerprint density at radius 3 is 2.74 bits per heavy atom. The van der Waals surface area contributed by atoms with Crippen molar-refractivity contribution in [2.75, 3.05) is 13.7 Å². The van der Waals surface area contributed by atoms with E-state index in [1.807, 2.05) is 48.5 Å². The first-order chi connectivity index (χ1) is 15.1. The van der Waals surface area contributed by atoms with Crippen LogP contribution in [-0.4, -0.2) is 29.9 Å². The Bertz CT molecular complexity index is 1260. The minimum absolute atomic E-state index is 0.227. The number of rotatable bonds is 4. The molecule has 0 saturated carbocycles. The second-order valence-corrected chi connectivity index (χ2v) is 7.38. The molecule has 5 nitrogen and oxygen atoms in total. The van der Waals surface area contributed by atoms with E-state index < -0.39 is 12.2 Å². The third-order valence-electron chi connectivity index (χ3n) is 5.36. The molecule has 156 valence electrons. The van der Waals surface area contributed by atoms with Gasteiger partial charge in [0.05, 0.1) is 18.3 Å². The lowest BCUT2D eigenvalue weighted by Gasteiger charge is -2.31. The fraction of sp³-hybridized carbons (Fsp3) is 0.160. The maximum atomic E-state index is 13.4. The van der Waals surface area contributed by atoms with Gasteiger partial charge in [-0.3, -0.25) is 0 Å². The first kappa shape index (κ1) is 19.3. The molecule has 2 heterocycles. The standard InChI is InChI=1S/C25H20FNO4/c1-29-18-3-2-4-19(13-18)31-24-14-30-23-10-6-16(12-20(23)25(24)28)21-8-5-15-11-17(26)7-9-22(15)27-21/h2-13,24-25,28H,14H2,1H3/t24-,25+/m1/s1. The van der Waals surface area contributed by atoms with Gasteiger partial charge in [0, 0.05) is 22.6 Å². The first-order valence-electron chi connectivity index (χ1n) is 9.93. The van der Waals surface area contributed by atoms with Crippen LogP contribution in [0, 0.1) is 5.82 Å². The van der Waals surface area contributed by atoms with Gasteiger partial charge in [0.2, 0.25) is 0 Å². The number of nitrogens with zero attached hydrogens (tertiary/aromatic N) is 1. The summed E-state index contributed by atoms with van der Waals surface area (Å²) in [5, 5.41) is 11.7. The quantitative estimate of drug-likeness (QED) is 0.511. The van der Waals surface area contributed by atoms with Crippen LogP contribution in [0.15, 0.2) is 72.8 Å². The minimum Gasteiger partial charge on any atom is -0.497 e. The van der Waals surface area contributed by atoms with E-state index in [2.05, 4.69) is 4.98 Å². The van der Waals surface area contributed by atoms with E-state index in [4.69, 9.17) is 14.2 Å². The molecule has 0 saturated heterocycles. The molecule has 1 N–H and O–H groups in total. The third-order valence-corrected chi connectivity index (χ3v) is 5.36. The predicted molar refractivity (Wildman–Crippen MR) is 115 cm³/mol. The van der Waals surface area contributed by atoms with Crippen molar-refractivity contribution in [3.63, 3.8) is 0 Å². The molecule has 0 aliphatic carbocycles. The molecule has 1 aliphatic rings. The summed E-state index contributed by atoms with van der Waals surface area (Å²) in [5.41, 5.74) is 2.89. The van der Waals surface area contributed by atoms with Crippen molar-refractivity contribution in [3.8, 4) is 28.5 Å². The molecule has 4 aromatic rings. The molecule has 6 heteroatoms. The van der Waals surface area contributed by atoms with E-state index in [1.54, 1.807) is 19.2 Å². The van der Waals surface area contributed by atoms with Crippen molar-refractivity contribution in [1.29, 1.82) is 0 Å². The van der Waals surface area contributed by atoms with E-state index in [0.29, 0.717) is 28.3 Å². The van der Waals surface area contributed by atoms with Gasteiger partial charge in [-0.05, 0) is 54.6 Å². The van der Waals surface area contributed by atoms with Crippen molar-refractivity contribution in [2.24, 2.45) is 0 Å². The number of hydrogen-bond acceptors (Lipinski definition) is 5. The van der Waals surface area contributed by atoms with Gasteiger partial charge in [0.1, 0.15) is 35.8 Å². The molecule has 0 bridgehead atoms. The summed E-state index contributed by atoms with van der Waals surface area (Å²) in [5.74, 6) is 1.59. The molecule has 3 aromatic carbocycles. The number of aliphatic hydroxyl groups excluding tert-OH is 1. The van der Waals surface area contributed by atoms with Crippen LogP contribution in [0.4, 0.5) is 4.39 Å². The second kappa shape index (κ2) is 7.89. The first-order valence-corrected chi connectivity index (χ1v) is 9.93. The van der Waals surface area contributed by atoms with Gasteiger partial charge in [-0.25, -0.2) is 9.37 Å². The Morgan fingerprint density at radius 1 is 1.00 bits per heavy atom. The number of aromatic nitrogens is 1. The number of methoxy groups -OCH3 is 1. The van der Waals surface area contributed by atoms with Crippen LogP contribution in [0.1, 0.15) is 11.7 Å². The lowest BCUT2D eigenvalue weighted by atomic mass is 9.97. The topological polar surface area (TPSA) is 60.8 Å². The van der Waals surface area contributed by atoms with Crippen LogP contribution in [0.3, 0.4) is 0 Å². The van der Waals surface area contributed by atoms with E-state index >= 15 is 0 Å². The minimum atomic E-state index is -0.871. The van der Waals surface area contributed by atoms with E-state index in [0.717, 1.165) is 16.6 Å². The van der Waals surface area contributed by atoms with Crippen LogP contribution in [0.5, 0.6) is 17.2 Å². The summed E-state index contributed by atoms with van der Waals surface area (Å²) in [6.45, 7) is 0.227. The highest BCUT2D eigenvalue weighted by Gasteiger charge is 2.31. The lowest BCUT2D eigenvalue weighted by molar-refractivity contribution is -0.0103. The molecular formula is C25H20FNO4. The summed E-state index contributed by atoms with van der Waals surface area (Å²) in [6.07, 6.45) is -1.44. The maximum absolute atomic E-state index is 13.4. The number of hydrogen-bond donors (Lipinski definition) is 1. The van der Waals surface area contributed by atoms with Crippen LogP contribution >= 0.6 is 0 Å². The van der Waals surface area contributed by atoms with Gasteiger partial charge in [0.15, 0.2) is 6.10 Å². The molecule has 31 heavy (non-hydrogen) atoms. The zero-order valence-corrected chi connectivity index (χ0v) is 16.8. The fourth-order valence-corrected chi connectivity index (χ4v) is 3.74. The van der Waals surface area contributed by atoms with Crippen molar-refractivity contribution < 1.29 is 23.7 Å². The Kier molecular flexibility index (Phi) is 4.92. The number of benzene rings is 3. The van der Waals surface area contributed by atoms with Gasteiger partial charge in [-0.2, -0.15) is 0 Å². The van der Waals surface area contributed by atoms with E-state index in [1.165, 1.54) is 12.1 Å². The summed E-state index contributed by atoms with van der Waals surface area (Å²) >= 11 is 0. The molecule has 1 aromatic heterocycles. The normalized spacial score (nSPS) is 17.6. The summed E-state index contributed by atoms with van der Waals surface area (Å²) in [6, 6.07) is 21.0. The zero-order valence-electron chi connectivity index (χ0n) is 16.8. The SMILES string of the molecule is COc1cccc(O[C@@H]2COc3ccc(-c4ccc5cc(F)ccc5n4)cc3[C@@H]2O)c1. The Balaban J connectivity index is 1.44. The number of pyridine rings is 1. The summed E-state index contributed by atoms with van der Waals surface area (Å²) < 4.78 is 30.5. The zero-order chi connectivity index (χ0) is 21.4. The monoisotopic (exact) mass is 417 g/mol. The molecule has 0 fully saturated rings. The number of ether oxygens (including phenoxy) is 3. The van der Waals surface area contributed by atoms with Gasteiger partial charge in [-0.1, -0.05) is 12.1 Å². The number of halogens is 1. The van der Waals surface area contributed by atoms with Gasteiger partial charge >= 0.3 is 0 Å². The van der Waals surface area contributed by atoms with Crippen molar-refractivity contribution in [1.82, 2.24) is 4.98 Å².